The topological polar surface area (TPSA) is 117 Å². The lowest BCUT2D eigenvalue weighted by atomic mass is 10.1. The summed E-state index contributed by atoms with van der Waals surface area (Å²) in [5.41, 5.74) is 0.632. The Kier molecular flexibility index (Phi) is 7.57. The van der Waals surface area contributed by atoms with Crippen LogP contribution in [0.4, 0.5) is 5.69 Å². The van der Waals surface area contributed by atoms with Gasteiger partial charge in [-0.1, -0.05) is 23.2 Å². The highest BCUT2D eigenvalue weighted by Crippen LogP contribution is 2.36. The standard InChI is InChI=1S/C24H13Cl2IN2O7/c1-34-20-10-12(8-18(27)21(20)35-23(30)13-2-4-14(25)5-3-13)9-19-24(31)36-22(28-19)16-11-15(29(32)33)6-7-17(16)26/h2-11H,1H3/b19-9-. The van der Waals surface area contributed by atoms with Gasteiger partial charge in [0.2, 0.25) is 5.90 Å². The number of nitro groups is 1. The van der Waals surface area contributed by atoms with E-state index in [0.29, 0.717) is 19.7 Å². The summed E-state index contributed by atoms with van der Waals surface area (Å²) in [7, 11) is 1.41. The van der Waals surface area contributed by atoms with Crippen LogP contribution in [-0.2, 0) is 9.53 Å². The van der Waals surface area contributed by atoms with E-state index in [1.807, 2.05) is 22.6 Å². The zero-order chi connectivity index (χ0) is 26.0. The van der Waals surface area contributed by atoms with E-state index in [0.717, 1.165) is 0 Å². The molecule has 0 bridgehead atoms. The summed E-state index contributed by atoms with van der Waals surface area (Å²) < 4.78 is 16.6. The number of halogens is 3. The van der Waals surface area contributed by atoms with Gasteiger partial charge in [-0.05, 0) is 76.7 Å². The molecule has 3 aromatic carbocycles. The highest BCUT2D eigenvalue weighted by Gasteiger charge is 2.27. The highest BCUT2D eigenvalue weighted by molar-refractivity contribution is 14.1. The average molecular weight is 639 g/mol. The van der Waals surface area contributed by atoms with Crippen LogP contribution in [-0.4, -0.2) is 29.9 Å². The number of hydrogen-bond acceptors (Lipinski definition) is 8. The summed E-state index contributed by atoms with van der Waals surface area (Å²) in [4.78, 5) is 39.6. The maximum atomic E-state index is 12.5. The quantitative estimate of drug-likeness (QED) is 0.0802. The number of carbonyl (C=O) groups excluding carboxylic acids is 2. The van der Waals surface area contributed by atoms with Crippen molar-refractivity contribution in [2.24, 2.45) is 4.99 Å². The minimum absolute atomic E-state index is 0.0589. The SMILES string of the molecule is COc1cc(/C=C2\N=C(c3cc([N+](=O)[O-])ccc3Cl)OC2=O)cc(I)c1OC(=O)c1ccc(Cl)cc1. The monoisotopic (exact) mass is 638 g/mol. The van der Waals surface area contributed by atoms with Crippen molar-refractivity contribution in [1.82, 2.24) is 0 Å². The van der Waals surface area contributed by atoms with E-state index in [9.17, 15) is 19.7 Å². The molecule has 1 heterocycles. The predicted octanol–water partition coefficient (Wildman–Crippen LogP) is 6.08. The normalized spacial score (nSPS) is 13.8. The van der Waals surface area contributed by atoms with Crippen LogP contribution in [0.1, 0.15) is 21.5 Å². The molecule has 0 amide bonds. The van der Waals surface area contributed by atoms with E-state index < -0.39 is 16.9 Å². The third-order valence-electron chi connectivity index (χ3n) is 4.84. The number of hydrogen-bond donors (Lipinski definition) is 0. The number of nitrogens with zero attached hydrogens (tertiary/aromatic N) is 2. The van der Waals surface area contributed by atoms with Gasteiger partial charge in [-0.25, -0.2) is 14.6 Å². The van der Waals surface area contributed by atoms with Crippen molar-refractivity contribution >= 4 is 75.4 Å². The molecule has 0 aromatic heterocycles. The second-order valence-corrected chi connectivity index (χ2v) is 9.19. The largest absolute Gasteiger partial charge is 0.493 e. The van der Waals surface area contributed by atoms with Crippen molar-refractivity contribution < 1.29 is 28.7 Å². The molecule has 0 radical (unpaired) electrons. The summed E-state index contributed by atoms with van der Waals surface area (Å²) in [6, 6.07) is 13.2. The van der Waals surface area contributed by atoms with E-state index in [-0.39, 0.29) is 39.4 Å². The molecular formula is C24H13Cl2IN2O7. The maximum absolute atomic E-state index is 12.5. The first-order valence-electron chi connectivity index (χ1n) is 9.98. The average Bonchev–Trinajstić information content (AvgIpc) is 3.20. The molecule has 1 aliphatic rings. The molecular weight excluding hydrogens is 626 g/mol. The second-order valence-electron chi connectivity index (χ2n) is 7.19. The smallest absolute Gasteiger partial charge is 0.363 e. The number of benzene rings is 3. The van der Waals surface area contributed by atoms with Gasteiger partial charge in [0.05, 0.1) is 31.8 Å². The molecule has 1 aliphatic heterocycles. The molecule has 36 heavy (non-hydrogen) atoms. The van der Waals surface area contributed by atoms with Gasteiger partial charge < -0.3 is 14.2 Å². The van der Waals surface area contributed by atoms with Crippen LogP contribution >= 0.6 is 45.8 Å². The number of ether oxygens (including phenoxy) is 3. The van der Waals surface area contributed by atoms with Gasteiger partial charge in [-0.3, -0.25) is 10.1 Å². The molecule has 9 nitrogen and oxygen atoms in total. The minimum Gasteiger partial charge on any atom is -0.493 e. The summed E-state index contributed by atoms with van der Waals surface area (Å²) >= 11 is 14.0. The Hall–Kier alpha value is -3.48. The van der Waals surface area contributed by atoms with Gasteiger partial charge in [0, 0.05) is 17.2 Å². The van der Waals surface area contributed by atoms with Crippen molar-refractivity contribution in [2.45, 2.75) is 0 Å². The van der Waals surface area contributed by atoms with E-state index in [1.165, 1.54) is 43.5 Å². The van der Waals surface area contributed by atoms with Gasteiger partial charge in [-0.15, -0.1) is 0 Å². The zero-order valence-corrected chi connectivity index (χ0v) is 21.8. The van der Waals surface area contributed by atoms with Crippen molar-refractivity contribution in [1.29, 1.82) is 0 Å². The maximum Gasteiger partial charge on any atom is 0.363 e. The molecule has 3 aromatic rings. The van der Waals surface area contributed by atoms with Gasteiger partial charge in [-0.2, -0.15) is 0 Å². The Labute approximate surface area is 227 Å². The lowest BCUT2D eigenvalue weighted by Crippen LogP contribution is -2.10. The summed E-state index contributed by atoms with van der Waals surface area (Å²) in [5.74, 6) is -1.08. The van der Waals surface area contributed by atoms with Gasteiger partial charge in [0.15, 0.2) is 17.2 Å². The van der Waals surface area contributed by atoms with Crippen LogP contribution in [0.3, 0.4) is 0 Å². The number of carbonyl (C=O) groups is 2. The highest BCUT2D eigenvalue weighted by atomic mass is 127. The van der Waals surface area contributed by atoms with E-state index in [1.54, 1.807) is 24.3 Å². The van der Waals surface area contributed by atoms with E-state index in [2.05, 4.69) is 4.99 Å². The lowest BCUT2D eigenvalue weighted by Gasteiger charge is -2.12. The molecule has 0 saturated carbocycles. The van der Waals surface area contributed by atoms with Crippen LogP contribution < -0.4 is 9.47 Å². The minimum atomic E-state index is -0.764. The Morgan fingerprint density at radius 1 is 1.14 bits per heavy atom. The summed E-state index contributed by atoms with van der Waals surface area (Å²) in [6.45, 7) is 0. The molecule has 0 atom stereocenters. The molecule has 0 aliphatic carbocycles. The Morgan fingerprint density at radius 2 is 1.86 bits per heavy atom. The number of cyclic esters (lactones) is 1. The van der Waals surface area contributed by atoms with E-state index in [4.69, 9.17) is 37.4 Å². The van der Waals surface area contributed by atoms with Gasteiger partial charge >= 0.3 is 11.9 Å². The van der Waals surface area contributed by atoms with Gasteiger partial charge in [0.1, 0.15) is 0 Å². The van der Waals surface area contributed by atoms with Crippen LogP contribution in [0.2, 0.25) is 10.0 Å². The van der Waals surface area contributed by atoms with Crippen molar-refractivity contribution in [3.8, 4) is 11.5 Å². The molecule has 0 fully saturated rings. The second kappa shape index (κ2) is 10.6. The van der Waals surface area contributed by atoms with Crippen LogP contribution in [0.15, 0.2) is 65.3 Å². The van der Waals surface area contributed by atoms with E-state index >= 15 is 0 Å². The van der Waals surface area contributed by atoms with Crippen molar-refractivity contribution in [2.75, 3.05) is 7.11 Å². The fourth-order valence-corrected chi connectivity index (χ4v) is 4.19. The third-order valence-corrected chi connectivity index (χ3v) is 6.22. The molecule has 12 heteroatoms. The number of esters is 2. The van der Waals surface area contributed by atoms with Gasteiger partial charge in [0.25, 0.3) is 5.69 Å². The first-order valence-corrected chi connectivity index (χ1v) is 11.8. The van der Waals surface area contributed by atoms with Crippen LogP contribution in [0.25, 0.3) is 6.08 Å². The summed E-state index contributed by atoms with van der Waals surface area (Å²) in [5, 5.41) is 11.7. The fourth-order valence-electron chi connectivity index (χ4n) is 3.13. The van der Waals surface area contributed by atoms with Crippen LogP contribution in [0, 0.1) is 13.7 Å². The zero-order valence-electron chi connectivity index (χ0n) is 18.2. The Morgan fingerprint density at radius 3 is 2.53 bits per heavy atom. The summed E-state index contributed by atoms with van der Waals surface area (Å²) in [6.07, 6.45) is 1.44. The fraction of sp³-hybridized carbons (Fsp3) is 0.0417. The molecule has 0 unspecified atom stereocenters. The van der Waals surface area contributed by atoms with Crippen molar-refractivity contribution in [3.63, 3.8) is 0 Å². The number of non-ortho nitro benzene ring substituents is 1. The molecule has 0 saturated heterocycles. The number of rotatable bonds is 6. The number of nitro benzene ring substituents is 1. The number of methoxy groups -OCH3 is 1. The Bertz CT molecular complexity index is 1470. The Balaban J connectivity index is 1.64. The first-order chi connectivity index (χ1) is 17.2. The predicted molar refractivity (Wildman–Crippen MR) is 141 cm³/mol. The third kappa shape index (κ3) is 5.50. The number of aliphatic imine (C=N–C) groups is 1. The lowest BCUT2D eigenvalue weighted by molar-refractivity contribution is -0.384. The van der Waals surface area contributed by atoms with Crippen LogP contribution in [0.5, 0.6) is 11.5 Å². The first kappa shape index (κ1) is 25.6. The molecule has 182 valence electrons. The molecule has 4 rings (SSSR count). The molecule has 0 N–H and O–H groups in total. The van der Waals surface area contributed by atoms with Crippen molar-refractivity contribution in [3.05, 3.63) is 101 Å². The molecule has 0 spiro atoms.